The molecule has 0 amide bonds. The highest BCUT2D eigenvalue weighted by Gasteiger charge is 2.22. The zero-order valence-electron chi connectivity index (χ0n) is 26.5. The lowest BCUT2D eigenvalue weighted by atomic mass is 9.97. The largest absolute Gasteiger partial charge is 0.456 e. The van der Waals surface area contributed by atoms with Crippen LogP contribution >= 0.6 is 0 Å². The van der Waals surface area contributed by atoms with E-state index in [2.05, 4.69) is 169 Å². The molecule has 10 aromatic rings. The summed E-state index contributed by atoms with van der Waals surface area (Å²) in [5, 5.41) is 6.61. The lowest BCUT2D eigenvalue weighted by molar-refractivity contribution is 0.669. The van der Waals surface area contributed by atoms with E-state index in [0.717, 1.165) is 94.0 Å². The molecule has 2 heterocycles. The van der Waals surface area contributed by atoms with Crippen LogP contribution in [0.3, 0.4) is 0 Å². The van der Waals surface area contributed by atoms with E-state index in [1.165, 1.54) is 0 Å². The Morgan fingerprint density at radius 3 is 1.78 bits per heavy atom. The second-order valence-corrected chi connectivity index (χ2v) is 12.5. The number of nitrogens with zero attached hydrogens (tertiary/aromatic N) is 1. The van der Waals surface area contributed by atoms with Gasteiger partial charge in [0.25, 0.3) is 0 Å². The summed E-state index contributed by atoms with van der Waals surface area (Å²) in [4.78, 5) is 2.38. The van der Waals surface area contributed by atoms with Crippen molar-refractivity contribution in [3.05, 3.63) is 176 Å². The van der Waals surface area contributed by atoms with Crippen LogP contribution in [0.25, 0.3) is 76.9 Å². The summed E-state index contributed by atoms with van der Waals surface area (Å²) in [7, 11) is 0. The minimum Gasteiger partial charge on any atom is -0.456 e. The van der Waals surface area contributed by atoms with Gasteiger partial charge in [-0.25, -0.2) is 0 Å². The molecule has 3 heteroatoms. The molecule has 230 valence electrons. The molecule has 0 saturated carbocycles. The maximum Gasteiger partial charge on any atom is 0.143 e. The van der Waals surface area contributed by atoms with E-state index in [1.54, 1.807) is 0 Å². The van der Waals surface area contributed by atoms with E-state index in [4.69, 9.17) is 8.83 Å². The maximum absolute atomic E-state index is 6.69. The van der Waals surface area contributed by atoms with E-state index in [0.29, 0.717) is 0 Å². The Balaban J connectivity index is 1.30. The fourth-order valence-electron chi connectivity index (χ4n) is 7.34. The Hall–Kier alpha value is -6.58. The van der Waals surface area contributed by atoms with Crippen molar-refractivity contribution in [1.82, 2.24) is 0 Å². The third-order valence-corrected chi connectivity index (χ3v) is 9.61. The quantitative estimate of drug-likeness (QED) is 0.190. The highest BCUT2D eigenvalue weighted by atomic mass is 16.3. The predicted molar refractivity (Wildman–Crippen MR) is 204 cm³/mol. The highest BCUT2D eigenvalue weighted by molar-refractivity contribution is 6.20. The van der Waals surface area contributed by atoms with Gasteiger partial charge >= 0.3 is 0 Å². The number of para-hydroxylation sites is 1. The van der Waals surface area contributed by atoms with Gasteiger partial charge < -0.3 is 13.7 Å². The third-order valence-electron chi connectivity index (χ3n) is 9.61. The average molecular weight is 628 g/mol. The van der Waals surface area contributed by atoms with Gasteiger partial charge in [-0.3, -0.25) is 0 Å². The summed E-state index contributed by atoms with van der Waals surface area (Å²) >= 11 is 0. The van der Waals surface area contributed by atoms with Crippen molar-refractivity contribution in [3.63, 3.8) is 0 Å². The Kier molecular flexibility index (Phi) is 6.18. The van der Waals surface area contributed by atoms with Gasteiger partial charge in [-0.15, -0.1) is 0 Å². The maximum atomic E-state index is 6.69. The Bertz CT molecular complexity index is 2770. The van der Waals surface area contributed by atoms with Crippen LogP contribution in [0, 0.1) is 0 Å². The summed E-state index contributed by atoms with van der Waals surface area (Å²) in [5.74, 6) is 0. The summed E-state index contributed by atoms with van der Waals surface area (Å²) < 4.78 is 13.0. The molecule has 0 aliphatic rings. The summed E-state index contributed by atoms with van der Waals surface area (Å²) in [6.07, 6.45) is 0. The fraction of sp³-hybridized carbons (Fsp3) is 0. The average Bonchev–Trinajstić information content (AvgIpc) is 3.75. The zero-order valence-corrected chi connectivity index (χ0v) is 26.5. The van der Waals surface area contributed by atoms with Crippen LogP contribution in [0.2, 0.25) is 0 Å². The first-order chi connectivity index (χ1) is 24.3. The van der Waals surface area contributed by atoms with Crippen molar-refractivity contribution in [1.29, 1.82) is 0 Å². The molecule has 0 aliphatic heterocycles. The molecule has 0 saturated heterocycles. The van der Waals surface area contributed by atoms with Crippen LogP contribution < -0.4 is 4.90 Å². The van der Waals surface area contributed by atoms with Gasteiger partial charge in [-0.2, -0.15) is 0 Å². The lowest BCUT2D eigenvalue weighted by Crippen LogP contribution is -2.10. The molecule has 0 N–H and O–H groups in total. The fourth-order valence-corrected chi connectivity index (χ4v) is 7.34. The topological polar surface area (TPSA) is 29.5 Å². The van der Waals surface area contributed by atoms with Gasteiger partial charge in [0.05, 0.1) is 11.1 Å². The van der Waals surface area contributed by atoms with E-state index in [-0.39, 0.29) is 0 Å². The molecule has 49 heavy (non-hydrogen) atoms. The van der Waals surface area contributed by atoms with E-state index in [1.807, 2.05) is 12.1 Å². The number of fused-ring (bicyclic) bond motifs is 8. The SMILES string of the molecule is c1ccc(-c2cc(-c3ccccc3)cc(N(c3ccc4oc5ccccc5c4c3)c3cccc4oc5c6ccccc6ccc5c34)c2)cc1. The third kappa shape index (κ3) is 4.51. The first kappa shape index (κ1) is 27.5. The second-order valence-electron chi connectivity index (χ2n) is 12.5. The van der Waals surface area contributed by atoms with Crippen molar-refractivity contribution in [2.75, 3.05) is 4.90 Å². The second kappa shape index (κ2) is 11.0. The van der Waals surface area contributed by atoms with Gasteiger partial charge in [-0.05, 0) is 88.3 Å². The van der Waals surface area contributed by atoms with Crippen LogP contribution in [0.5, 0.6) is 0 Å². The number of rotatable bonds is 5. The van der Waals surface area contributed by atoms with Gasteiger partial charge in [0.1, 0.15) is 22.3 Å². The summed E-state index contributed by atoms with van der Waals surface area (Å²) in [6, 6.07) is 62.1. The molecular weight excluding hydrogens is 599 g/mol. The van der Waals surface area contributed by atoms with Gasteiger partial charge in [0.15, 0.2) is 0 Å². The van der Waals surface area contributed by atoms with Crippen molar-refractivity contribution in [2.24, 2.45) is 0 Å². The van der Waals surface area contributed by atoms with Crippen LogP contribution in [0.15, 0.2) is 185 Å². The van der Waals surface area contributed by atoms with Crippen molar-refractivity contribution < 1.29 is 8.83 Å². The molecule has 8 aromatic carbocycles. The molecule has 0 radical (unpaired) electrons. The molecule has 0 unspecified atom stereocenters. The predicted octanol–water partition coefficient (Wildman–Crippen LogP) is 13.4. The van der Waals surface area contributed by atoms with Gasteiger partial charge in [-0.1, -0.05) is 115 Å². The normalized spacial score (nSPS) is 11.7. The number of anilines is 3. The molecule has 0 aliphatic carbocycles. The van der Waals surface area contributed by atoms with E-state index >= 15 is 0 Å². The highest BCUT2D eigenvalue weighted by Crippen LogP contribution is 2.47. The standard InChI is InChI=1S/C46H29NO2/c1-3-12-30(13-4-1)33-26-34(31-14-5-2-6-15-31)28-36(27-33)47(35-23-25-43-40(29-35)38-18-9-10-20-42(38)48-43)41-19-11-21-44-45(41)39-24-22-32-16-7-8-17-37(32)46(39)49-44/h1-29H. The summed E-state index contributed by atoms with van der Waals surface area (Å²) in [6.45, 7) is 0. The first-order valence-electron chi connectivity index (χ1n) is 16.6. The zero-order chi connectivity index (χ0) is 32.3. The Morgan fingerprint density at radius 1 is 0.347 bits per heavy atom. The number of hydrogen-bond acceptors (Lipinski definition) is 3. The van der Waals surface area contributed by atoms with Crippen molar-refractivity contribution >= 4 is 71.7 Å². The van der Waals surface area contributed by atoms with Gasteiger partial charge in [0, 0.05) is 32.9 Å². The molecular formula is C46H29NO2. The lowest BCUT2D eigenvalue weighted by Gasteiger charge is -2.27. The molecule has 0 atom stereocenters. The van der Waals surface area contributed by atoms with E-state index in [9.17, 15) is 0 Å². The molecule has 0 spiro atoms. The van der Waals surface area contributed by atoms with E-state index < -0.39 is 0 Å². The minimum absolute atomic E-state index is 0.853. The molecule has 2 aromatic heterocycles. The van der Waals surface area contributed by atoms with Gasteiger partial charge in [0.2, 0.25) is 0 Å². The number of furan rings is 2. The Morgan fingerprint density at radius 2 is 1.00 bits per heavy atom. The monoisotopic (exact) mass is 627 g/mol. The summed E-state index contributed by atoms with van der Waals surface area (Å²) in [5.41, 5.74) is 11.3. The smallest absolute Gasteiger partial charge is 0.143 e. The van der Waals surface area contributed by atoms with Crippen LogP contribution in [0.1, 0.15) is 0 Å². The number of benzene rings is 8. The first-order valence-corrected chi connectivity index (χ1v) is 16.6. The Labute approximate surface area is 282 Å². The molecule has 0 bridgehead atoms. The van der Waals surface area contributed by atoms with Crippen LogP contribution in [0.4, 0.5) is 17.1 Å². The number of hydrogen-bond donors (Lipinski definition) is 0. The molecule has 3 nitrogen and oxygen atoms in total. The van der Waals surface area contributed by atoms with Crippen molar-refractivity contribution in [2.45, 2.75) is 0 Å². The van der Waals surface area contributed by atoms with Crippen LogP contribution in [-0.4, -0.2) is 0 Å². The molecule has 10 rings (SSSR count). The minimum atomic E-state index is 0.853. The molecule has 0 fully saturated rings. The van der Waals surface area contributed by atoms with Crippen LogP contribution in [-0.2, 0) is 0 Å². The van der Waals surface area contributed by atoms with Crippen molar-refractivity contribution in [3.8, 4) is 22.3 Å².